The van der Waals surface area contributed by atoms with Gasteiger partial charge in [-0.1, -0.05) is 12.1 Å². The topological polar surface area (TPSA) is 52.0 Å². The Labute approximate surface area is 76.6 Å². The van der Waals surface area contributed by atoms with Crippen molar-refractivity contribution in [3.05, 3.63) is 29.7 Å². The second-order valence-corrected chi connectivity index (χ2v) is 3.04. The van der Waals surface area contributed by atoms with Gasteiger partial charge in [0.25, 0.3) is 0 Å². The van der Waals surface area contributed by atoms with Crippen molar-refractivity contribution in [3.8, 4) is 0 Å². The van der Waals surface area contributed by atoms with Gasteiger partial charge in [0.1, 0.15) is 5.52 Å². The van der Waals surface area contributed by atoms with E-state index < -0.39 is 0 Å². The zero-order valence-electron chi connectivity index (χ0n) is 7.58. The largest absolute Gasteiger partial charge is 0.441 e. The zero-order chi connectivity index (χ0) is 9.26. The molecule has 0 radical (unpaired) electrons. The molecule has 3 heteroatoms. The number of fused-ring (bicyclic) bond motifs is 1. The summed E-state index contributed by atoms with van der Waals surface area (Å²) in [7, 11) is 0. The van der Waals surface area contributed by atoms with E-state index in [0.717, 1.165) is 23.1 Å². The van der Waals surface area contributed by atoms with Crippen LogP contribution in [0.4, 0.5) is 0 Å². The van der Waals surface area contributed by atoms with E-state index in [1.54, 1.807) is 0 Å². The molecule has 2 N–H and O–H groups in total. The lowest BCUT2D eigenvalue weighted by Gasteiger charge is -1.97. The summed E-state index contributed by atoms with van der Waals surface area (Å²) >= 11 is 0. The van der Waals surface area contributed by atoms with Crippen LogP contribution in [0.5, 0.6) is 0 Å². The Morgan fingerprint density at radius 3 is 3.08 bits per heavy atom. The van der Waals surface area contributed by atoms with Crippen LogP contribution in [0, 0.1) is 6.92 Å². The van der Waals surface area contributed by atoms with Crippen molar-refractivity contribution in [3.63, 3.8) is 0 Å². The monoisotopic (exact) mass is 176 g/mol. The fourth-order valence-electron chi connectivity index (χ4n) is 1.47. The Balaban J connectivity index is 2.60. The number of aromatic nitrogens is 1. The predicted molar refractivity (Wildman–Crippen MR) is 51.5 cm³/mol. The first-order valence-corrected chi connectivity index (χ1v) is 4.36. The van der Waals surface area contributed by atoms with E-state index in [0.29, 0.717) is 12.4 Å². The maximum Gasteiger partial charge on any atom is 0.192 e. The molecule has 0 aliphatic carbocycles. The lowest BCUT2D eigenvalue weighted by Crippen LogP contribution is -2.02. The van der Waals surface area contributed by atoms with Crippen LogP contribution in [0.3, 0.4) is 0 Å². The third-order valence-corrected chi connectivity index (χ3v) is 2.02. The van der Waals surface area contributed by atoms with E-state index in [9.17, 15) is 0 Å². The van der Waals surface area contributed by atoms with E-state index >= 15 is 0 Å². The number of oxazole rings is 1. The van der Waals surface area contributed by atoms with Crippen molar-refractivity contribution in [1.29, 1.82) is 0 Å². The number of hydrogen-bond donors (Lipinski definition) is 1. The number of para-hydroxylation sites is 1. The predicted octanol–water partition coefficient (Wildman–Crippen LogP) is 1.64. The lowest BCUT2D eigenvalue weighted by atomic mass is 10.1. The van der Waals surface area contributed by atoms with E-state index in [4.69, 9.17) is 10.2 Å². The summed E-state index contributed by atoms with van der Waals surface area (Å²) in [4.78, 5) is 4.31. The molecule has 1 heterocycles. The molecule has 1 aromatic heterocycles. The van der Waals surface area contributed by atoms with Crippen LogP contribution in [0.1, 0.15) is 11.5 Å². The molecule has 3 nitrogen and oxygen atoms in total. The summed E-state index contributed by atoms with van der Waals surface area (Å²) in [6.45, 7) is 2.50. The van der Waals surface area contributed by atoms with Crippen molar-refractivity contribution >= 4 is 11.1 Å². The third-order valence-electron chi connectivity index (χ3n) is 2.02. The molecule has 0 atom stereocenters. The van der Waals surface area contributed by atoms with Gasteiger partial charge in [0.15, 0.2) is 11.5 Å². The van der Waals surface area contributed by atoms with Gasteiger partial charge in [-0.15, -0.1) is 0 Å². The van der Waals surface area contributed by atoms with Gasteiger partial charge in [0, 0.05) is 6.92 Å². The molecule has 13 heavy (non-hydrogen) atoms. The molecule has 2 rings (SSSR count). The van der Waals surface area contributed by atoms with Crippen molar-refractivity contribution in [1.82, 2.24) is 4.98 Å². The van der Waals surface area contributed by atoms with E-state index in [2.05, 4.69) is 4.98 Å². The third kappa shape index (κ3) is 1.42. The second-order valence-electron chi connectivity index (χ2n) is 3.04. The van der Waals surface area contributed by atoms with E-state index in [-0.39, 0.29) is 0 Å². The summed E-state index contributed by atoms with van der Waals surface area (Å²) in [5, 5.41) is 0. The van der Waals surface area contributed by atoms with Gasteiger partial charge in [-0.2, -0.15) is 0 Å². The molecule has 0 unspecified atom stereocenters. The Kier molecular flexibility index (Phi) is 2.02. The average molecular weight is 176 g/mol. The Hall–Kier alpha value is -1.35. The fraction of sp³-hybridized carbons (Fsp3) is 0.300. The van der Waals surface area contributed by atoms with Crippen LogP contribution in [0.25, 0.3) is 11.1 Å². The van der Waals surface area contributed by atoms with Gasteiger partial charge in [0.05, 0.1) is 0 Å². The fourth-order valence-corrected chi connectivity index (χ4v) is 1.47. The molecule has 0 spiro atoms. The van der Waals surface area contributed by atoms with E-state index in [1.807, 2.05) is 25.1 Å². The maximum atomic E-state index is 5.50. The average Bonchev–Trinajstić information content (AvgIpc) is 2.47. The lowest BCUT2D eigenvalue weighted by molar-refractivity contribution is 0.561. The first kappa shape index (κ1) is 8.26. The number of aryl methyl sites for hydroxylation is 1. The van der Waals surface area contributed by atoms with Crippen LogP contribution in [0.2, 0.25) is 0 Å². The zero-order valence-corrected chi connectivity index (χ0v) is 7.58. The number of nitrogens with zero attached hydrogens (tertiary/aromatic N) is 1. The highest BCUT2D eigenvalue weighted by atomic mass is 16.3. The highest BCUT2D eigenvalue weighted by molar-refractivity contribution is 5.76. The minimum atomic E-state index is 0.644. The molecule has 1 aromatic carbocycles. The standard InChI is InChI=1S/C10H12N2O/c1-7-12-10-8(5-6-11)3-2-4-9(10)13-7/h2-4H,5-6,11H2,1H3. The van der Waals surface area contributed by atoms with Crippen LogP contribution >= 0.6 is 0 Å². The van der Waals surface area contributed by atoms with Crippen LogP contribution in [-0.2, 0) is 6.42 Å². The quantitative estimate of drug-likeness (QED) is 0.756. The summed E-state index contributed by atoms with van der Waals surface area (Å²) < 4.78 is 5.40. The molecule has 0 amide bonds. The Morgan fingerprint density at radius 1 is 1.46 bits per heavy atom. The molecule has 0 fully saturated rings. The molecule has 68 valence electrons. The van der Waals surface area contributed by atoms with Gasteiger partial charge >= 0.3 is 0 Å². The molecule has 0 bridgehead atoms. The van der Waals surface area contributed by atoms with Gasteiger partial charge < -0.3 is 10.2 Å². The number of benzene rings is 1. The van der Waals surface area contributed by atoms with Crippen LogP contribution in [-0.4, -0.2) is 11.5 Å². The Bertz CT molecular complexity index is 420. The maximum absolute atomic E-state index is 5.50. The van der Waals surface area contributed by atoms with Gasteiger partial charge in [0.2, 0.25) is 0 Å². The van der Waals surface area contributed by atoms with Crippen molar-refractivity contribution in [2.24, 2.45) is 5.73 Å². The molecule has 0 aliphatic rings. The minimum absolute atomic E-state index is 0.644. The van der Waals surface area contributed by atoms with Crippen LogP contribution in [0.15, 0.2) is 22.6 Å². The first-order chi connectivity index (χ1) is 6.31. The van der Waals surface area contributed by atoms with E-state index in [1.165, 1.54) is 0 Å². The van der Waals surface area contributed by atoms with Gasteiger partial charge in [-0.05, 0) is 24.6 Å². The molecular weight excluding hydrogens is 164 g/mol. The summed E-state index contributed by atoms with van der Waals surface area (Å²) in [5.41, 5.74) is 8.46. The molecular formula is C10H12N2O. The van der Waals surface area contributed by atoms with Crippen LogP contribution < -0.4 is 5.73 Å². The minimum Gasteiger partial charge on any atom is -0.441 e. The number of nitrogens with two attached hydrogens (primary N) is 1. The van der Waals surface area contributed by atoms with Gasteiger partial charge in [-0.25, -0.2) is 4.98 Å². The highest BCUT2D eigenvalue weighted by Crippen LogP contribution is 2.19. The summed E-state index contributed by atoms with van der Waals surface area (Å²) in [6.07, 6.45) is 0.851. The Morgan fingerprint density at radius 2 is 2.31 bits per heavy atom. The smallest absolute Gasteiger partial charge is 0.192 e. The second kappa shape index (κ2) is 3.18. The molecule has 0 saturated carbocycles. The van der Waals surface area contributed by atoms with Crippen molar-refractivity contribution in [2.75, 3.05) is 6.54 Å². The molecule has 0 aliphatic heterocycles. The molecule has 2 aromatic rings. The SMILES string of the molecule is Cc1nc2c(CCN)cccc2o1. The normalized spacial score (nSPS) is 10.9. The van der Waals surface area contributed by atoms with Crippen molar-refractivity contribution in [2.45, 2.75) is 13.3 Å². The first-order valence-electron chi connectivity index (χ1n) is 4.36. The highest BCUT2D eigenvalue weighted by Gasteiger charge is 2.05. The number of rotatable bonds is 2. The van der Waals surface area contributed by atoms with Gasteiger partial charge in [-0.3, -0.25) is 0 Å². The summed E-state index contributed by atoms with van der Waals surface area (Å²) in [5.74, 6) is 0.708. The van der Waals surface area contributed by atoms with Crippen molar-refractivity contribution < 1.29 is 4.42 Å². The summed E-state index contributed by atoms with van der Waals surface area (Å²) in [6, 6.07) is 5.93. The number of hydrogen-bond acceptors (Lipinski definition) is 3. The molecule has 0 saturated heterocycles.